The molecule has 0 spiro atoms. The molecule has 0 aliphatic carbocycles. The molecule has 1 atom stereocenters. The van der Waals surface area contributed by atoms with Crippen LogP contribution in [0.3, 0.4) is 0 Å². The fourth-order valence-electron chi connectivity index (χ4n) is 3.40. The smallest absolute Gasteiger partial charge is 0.387 e. The molecule has 3 aromatic rings. The lowest BCUT2D eigenvalue weighted by Gasteiger charge is -2.20. The van der Waals surface area contributed by atoms with Crippen molar-refractivity contribution in [3.8, 4) is 11.5 Å². The molecule has 0 aliphatic rings. The molecule has 0 aliphatic heterocycles. The summed E-state index contributed by atoms with van der Waals surface area (Å²) >= 11 is 0. The average molecular weight is 466 g/mol. The summed E-state index contributed by atoms with van der Waals surface area (Å²) in [5, 5.41) is 20.4. The zero-order chi connectivity index (χ0) is 23.8. The number of aliphatic hydroxyl groups is 1. The molecule has 33 heavy (non-hydrogen) atoms. The van der Waals surface area contributed by atoms with E-state index in [1.807, 2.05) is 6.07 Å². The number of halogens is 4. The van der Waals surface area contributed by atoms with E-state index in [0.29, 0.717) is 35.3 Å². The fraction of sp³-hybridized carbons (Fsp3) is 0.304. The van der Waals surface area contributed by atoms with E-state index in [0.717, 1.165) is 17.2 Å². The molecule has 0 amide bonds. The van der Waals surface area contributed by atoms with Crippen LogP contribution in [-0.4, -0.2) is 29.9 Å². The number of aliphatic hydroxyl groups excluding tert-OH is 1. The molecule has 2 heterocycles. The number of benzene rings is 1. The molecular formula is C23H22F4N2O4. The van der Waals surface area contributed by atoms with Crippen molar-refractivity contribution < 1.29 is 36.9 Å². The zero-order valence-corrected chi connectivity index (χ0v) is 17.4. The summed E-state index contributed by atoms with van der Waals surface area (Å²) in [5.41, 5.74) is 2.79. The highest BCUT2D eigenvalue weighted by atomic mass is 19.3. The molecule has 0 saturated carbocycles. The first-order valence-electron chi connectivity index (χ1n) is 10.1. The summed E-state index contributed by atoms with van der Waals surface area (Å²) in [4.78, 5) is 4.49. The van der Waals surface area contributed by atoms with Crippen molar-refractivity contribution in [1.82, 2.24) is 4.98 Å². The molecule has 0 radical (unpaired) electrons. The van der Waals surface area contributed by atoms with Crippen molar-refractivity contribution in [3.63, 3.8) is 0 Å². The van der Waals surface area contributed by atoms with Gasteiger partial charge in [0, 0.05) is 36.5 Å². The van der Waals surface area contributed by atoms with Gasteiger partial charge < -0.3 is 19.8 Å². The standard InChI is InChI=1S/C23H22F4N2O4/c24-22(25)32-20-6-4-17(13-21(20)33-23(26)27)18(12-15-7-9-29(31)10-8-15)19-5-3-16(14-28-19)2-1-11-30/h3-10,13-14,18,22-23,30H,1-2,11-12H2. The van der Waals surface area contributed by atoms with Crippen molar-refractivity contribution in [3.05, 3.63) is 88.6 Å². The van der Waals surface area contributed by atoms with Gasteiger partial charge in [-0.2, -0.15) is 22.3 Å². The lowest BCUT2D eigenvalue weighted by molar-refractivity contribution is -0.605. The Morgan fingerprint density at radius 3 is 2.21 bits per heavy atom. The van der Waals surface area contributed by atoms with E-state index in [1.165, 1.54) is 24.5 Å². The third kappa shape index (κ3) is 7.04. The number of alkyl halides is 4. The van der Waals surface area contributed by atoms with Crippen LogP contribution in [0.4, 0.5) is 17.6 Å². The predicted molar refractivity (Wildman–Crippen MR) is 110 cm³/mol. The second kappa shape index (κ2) is 11.5. The maximum Gasteiger partial charge on any atom is 0.387 e. The number of rotatable bonds is 11. The predicted octanol–water partition coefficient (Wildman–Crippen LogP) is 4.22. The zero-order valence-electron chi connectivity index (χ0n) is 17.4. The molecule has 0 fully saturated rings. The Morgan fingerprint density at radius 1 is 0.909 bits per heavy atom. The highest BCUT2D eigenvalue weighted by Crippen LogP contribution is 2.36. The summed E-state index contributed by atoms with van der Waals surface area (Å²) in [5.74, 6) is -1.48. The molecule has 3 rings (SSSR count). The normalized spacial score (nSPS) is 12.2. The maximum absolute atomic E-state index is 12.9. The second-order valence-electron chi connectivity index (χ2n) is 7.20. The van der Waals surface area contributed by atoms with Gasteiger partial charge in [-0.25, -0.2) is 0 Å². The Balaban J connectivity index is 1.99. The van der Waals surface area contributed by atoms with Crippen molar-refractivity contribution in [2.75, 3.05) is 6.61 Å². The highest BCUT2D eigenvalue weighted by molar-refractivity contribution is 5.46. The molecular weight excluding hydrogens is 444 g/mol. The van der Waals surface area contributed by atoms with Crippen molar-refractivity contribution in [2.45, 2.75) is 38.4 Å². The minimum absolute atomic E-state index is 0.0536. The van der Waals surface area contributed by atoms with Crippen LogP contribution in [0, 0.1) is 5.21 Å². The molecule has 1 unspecified atom stereocenters. The van der Waals surface area contributed by atoms with E-state index in [9.17, 15) is 22.8 Å². The largest absolute Gasteiger partial charge is 0.619 e. The van der Waals surface area contributed by atoms with Gasteiger partial charge in [-0.15, -0.1) is 0 Å². The molecule has 0 saturated heterocycles. The van der Waals surface area contributed by atoms with Crippen LogP contribution in [0.2, 0.25) is 0 Å². The second-order valence-corrected chi connectivity index (χ2v) is 7.20. The number of ether oxygens (including phenoxy) is 2. The summed E-state index contributed by atoms with van der Waals surface area (Å²) in [6, 6.07) is 10.8. The summed E-state index contributed by atoms with van der Waals surface area (Å²) in [6.07, 6.45) is 5.92. The fourth-order valence-corrected chi connectivity index (χ4v) is 3.40. The summed E-state index contributed by atoms with van der Waals surface area (Å²) < 4.78 is 60.5. The maximum atomic E-state index is 12.9. The van der Waals surface area contributed by atoms with E-state index >= 15 is 0 Å². The van der Waals surface area contributed by atoms with Crippen molar-refractivity contribution in [2.24, 2.45) is 0 Å². The Bertz CT molecular complexity index is 1020. The number of aryl methyl sites for hydroxylation is 1. The molecule has 0 bridgehead atoms. The van der Waals surface area contributed by atoms with Crippen LogP contribution in [0.5, 0.6) is 11.5 Å². The number of nitrogens with zero attached hydrogens (tertiary/aromatic N) is 2. The van der Waals surface area contributed by atoms with Crippen LogP contribution < -0.4 is 14.2 Å². The summed E-state index contributed by atoms with van der Waals surface area (Å²) in [7, 11) is 0. The van der Waals surface area contributed by atoms with Crippen LogP contribution in [0.1, 0.15) is 34.7 Å². The minimum atomic E-state index is -3.23. The van der Waals surface area contributed by atoms with E-state index < -0.39 is 30.6 Å². The minimum Gasteiger partial charge on any atom is -0.619 e. The first-order valence-corrected chi connectivity index (χ1v) is 10.1. The Morgan fingerprint density at radius 2 is 1.61 bits per heavy atom. The third-order valence-electron chi connectivity index (χ3n) is 4.94. The first kappa shape index (κ1) is 24.2. The van der Waals surface area contributed by atoms with E-state index in [2.05, 4.69) is 14.5 Å². The summed E-state index contributed by atoms with van der Waals surface area (Å²) in [6.45, 7) is -6.38. The SMILES string of the molecule is [O-][n+]1ccc(CC(c2ccc(OC(F)F)c(OC(F)F)c2)c2ccc(CCCO)cn2)cc1. The van der Waals surface area contributed by atoms with Gasteiger partial charge in [-0.05, 0) is 54.2 Å². The van der Waals surface area contributed by atoms with Gasteiger partial charge in [0.2, 0.25) is 0 Å². The molecule has 10 heteroatoms. The van der Waals surface area contributed by atoms with Crippen LogP contribution in [0.25, 0.3) is 0 Å². The van der Waals surface area contributed by atoms with Crippen molar-refractivity contribution >= 4 is 0 Å². The molecule has 2 aromatic heterocycles. The van der Waals surface area contributed by atoms with Crippen LogP contribution in [-0.2, 0) is 12.8 Å². The molecule has 1 N–H and O–H groups in total. The number of pyridine rings is 2. The van der Waals surface area contributed by atoms with E-state index in [4.69, 9.17) is 5.11 Å². The number of aromatic nitrogens is 2. The van der Waals surface area contributed by atoms with Gasteiger partial charge in [0.1, 0.15) is 0 Å². The third-order valence-corrected chi connectivity index (χ3v) is 4.94. The van der Waals surface area contributed by atoms with E-state index in [1.54, 1.807) is 24.4 Å². The quantitative estimate of drug-likeness (QED) is 0.260. The Kier molecular flexibility index (Phi) is 8.42. The topological polar surface area (TPSA) is 78.5 Å². The Labute approximate surface area is 187 Å². The van der Waals surface area contributed by atoms with Gasteiger partial charge in [0.15, 0.2) is 23.9 Å². The van der Waals surface area contributed by atoms with Gasteiger partial charge in [-0.1, -0.05) is 12.1 Å². The van der Waals surface area contributed by atoms with Gasteiger partial charge in [-0.3, -0.25) is 4.98 Å². The lowest BCUT2D eigenvalue weighted by atomic mass is 9.88. The first-order chi connectivity index (χ1) is 15.9. The van der Waals surface area contributed by atoms with Gasteiger partial charge in [0.05, 0.1) is 0 Å². The highest BCUT2D eigenvalue weighted by Gasteiger charge is 2.22. The molecule has 1 aromatic carbocycles. The van der Waals surface area contributed by atoms with Crippen LogP contribution >= 0.6 is 0 Å². The molecule has 6 nitrogen and oxygen atoms in total. The Hall–Kier alpha value is -3.40. The average Bonchev–Trinajstić information content (AvgIpc) is 2.78. The number of hydrogen-bond donors (Lipinski definition) is 1. The lowest BCUT2D eigenvalue weighted by Crippen LogP contribution is -2.24. The van der Waals surface area contributed by atoms with E-state index in [-0.39, 0.29) is 6.61 Å². The number of hydrogen-bond acceptors (Lipinski definition) is 5. The van der Waals surface area contributed by atoms with Crippen LogP contribution in [0.15, 0.2) is 61.1 Å². The van der Waals surface area contributed by atoms with Gasteiger partial charge in [0.25, 0.3) is 0 Å². The monoisotopic (exact) mass is 466 g/mol. The van der Waals surface area contributed by atoms with Crippen molar-refractivity contribution in [1.29, 1.82) is 0 Å². The molecule has 176 valence electrons. The van der Waals surface area contributed by atoms with Gasteiger partial charge >= 0.3 is 13.2 Å².